The summed E-state index contributed by atoms with van der Waals surface area (Å²) in [5.41, 5.74) is -0.576. The van der Waals surface area contributed by atoms with Gasteiger partial charge in [0.05, 0.1) is 12.1 Å². The van der Waals surface area contributed by atoms with E-state index < -0.39 is 5.54 Å². The molecule has 3 aliphatic rings. The number of carbonyl (C=O) groups excluding carboxylic acids is 2. The zero-order chi connectivity index (χ0) is 12.8. The highest BCUT2D eigenvalue weighted by molar-refractivity contribution is 6.01. The molecule has 2 saturated carbocycles. The van der Waals surface area contributed by atoms with Crippen LogP contribution in [0.4, 0.5) is 0 Å². The van der Waals surface area contributed by atoms with Crippen LogP contribution in [-0.2, 0) is 9.59 Å². The molecule has 3 rings (SSSR count). The van der Waals surface area contributed by atoms with Crippen molar-refractivity contribution in [3.8, 4) is 0 Å². The van der Waals surface area contributed by atoms with Crippen LogP contribution in [0.1, 0.15) is 51.4 Å². The molecule has 3 fully saturated rings. The zero-order valence-electron chi connectivity index (χ0n) is 10.7. The molecule has 0 aromatic heterocycles. The molecule has 0 aromatic rings. The van der Waals surface area contributed by atoms with Crippen LogP contribution < -0.4 is 0 Å². The smallest absolute Gasteiger partial charge is 0.232 e. The average molecular weight is 251 g/mol. The van der Waals surface area contributed by atoms with E-state index in [9.17, 15) is 14.7 Å². The van der Waals surface area contributed by atoms with Gasteiger partial charge in [-0.05, 0) is 32.1 Å². The minimum Gasteiger partial charge on any atom is -0.394 e. The number of hydrogen-bond donors (Lipinski definition) is 1. The number of carbonyl (C=O) groups is 2. The highest BCUT2D eigenvalue weighted by Gasteiger charge is 2.53. The summed E-state index contributed by atoms with van der Waals surface area (Å²) in [6, 6.07) is 0. The summed E-state index contributed by atoms with van der Waals surface area (Å²) in [6.07, 6.45) is 7.17. The molecule has 2 bridgehead atoms. The van der Waals surface area contributed by atoms with Crippen molar-refractivity contribution in [3.63, 3.8) is 0 Å². The molecular weight excluding hydrogens is 230 g/mol. The van der Waals surface area contributed by atoms with E-state index in [0.29, 0.717) is 0 Å². The fourth-order valence-corrected chi connectivity index (χ4v) is 4.03. The van der Waals surface area contributed by atoms with Crippen LogP contribution in [0.3, 0.4) is 0 Å². The van der Waals surface area contributed by atoms with E-state index in [4.69, 9.17) is 0 Å². The first-order valence-electron chi connectivity index (χ1n) is 7.17. The van der Waals surface area contributed by atoms with Gasteiger partial charge in [-0.3, -0.25) is 14.5 Å². The number of amides is 2. The Morgan fingerprint density at radius 3 is 2.11 bits per heavy atom. The zero-order valence-corrected chi connectivity index (χ0v) is 10.7. The third-order valence-corrected chi connectivity index (χ3v) is 5.12. The predicted octanol–water partition coefficient (Wildman–Crippen LogP) is 1.47. The first-order valence-corrected chi connectivity index (χ1v) is 7.17. The van der Waals surface area contributed by atoms with Crippen molar-refractivity contribution in [3.05, 3.63) is 0 Å². The first-order chi connectivity index (χ1) is 8.68. The molecule has 18 heavy (non-hydrogen) atoms. The lowest BCUT2D eigenvalue weighted by Crippen LogP contribution is -2.61. The number of nitrogens with zero attached hydrogens (tertiary/aromatic N) is 1. The molecule has 2 atom stereocenters. The maximum absolute atomic E-state index is 12.5. The third kappa shape index (κ3) is 1.62. The molecular formula is C14H21NO3. The van der Waals surface area contributed by atoms with Crippen molar-refractivity contribution in [2.24, 2.45) is 11.8 Å². The molecule has 100 valence electrons. The lowest BCUT2D eigenvalue weighted by molar-refractivity contribution is -0.165. The number of aliphatic hydroxyl groups is 1. The molecule has 4 heteroatoms. The Morgan fingerprint density at radius 1 is 1.06 bits per heavy atom. The molecule has 1 saturated heterocycles. The Balaban J connectivity index is 1.93. The first kappa shape index (κ1) is 12.2. The molecule has 1 aliphatic heterocycles. The molecule has 0 radical (unpaired) electrons. The van der Waals surface area contributed by atoms with Gasteiger partial charge >= 0.3 is 0 Å². The van der Waals surface area contributed by atoms with Crippen molar-refractivity contribution in [2.45, 2.75) is 56.9 Å². The van der Waals surface area contributed by atoms with Gasteiger partial charge in [0.15, 0.2) is 0 Å². The number of imide groups is 1. The van der Waals surface area contributed by atoms with Gasteiger partial charge in [-0.15, -0.1) is 0 Å². The van der Waals surface area contributed by atoms with Crippen LogP contribution in [0, 0.1) is 11.8 Å². The molecule has 1 N–H and O–H groups in total. The number of piperidine rings is 1. The molecule has 2 unspecified atom stereocenters. The summed E-state index contributed by atoms with van der Waals surface area (Å²) in [4.78, 5) is 26.4. The second kappa shape index (κ2) is 4.34. The maximum Gasteiger partial charge on any atom is 0.232 e. The topological polar surface area (TPSA) is 57.6 Å². The lowest BCUT2D eigenvalue weighted by atomic mass is 9.78. The van der Waals surface area contributed by atoms with Crippen molar-refractivity contribution in [1.29, 1.82) is 0 Å². The fraction of sp³-hybridized carbons (Fsp3) is 0.857. The van der Waals surface area contributed by atoms with Gasteiger partial charge in [0.25, 0.3) is 0 Å². The van der Waals surface area contributed by atoms with E-state index in [0.717, 1.165) is 51.4 Å². The second-order valence-corrected chi connectivity index (χ2v) is 6.16. The SMILES string of the molecule is O=C1C2CCC(C2)C(=O)N1C1(CO)CCCCC1. The summed E-state index contributed by atoms with van der Waals surface area (Å²) >= 11 is 0. The van der Waals surface area contributed by atoms with Crippen molar-refractivity contribution in [2.75, 3.05) is 6.61 Å². The Bertz CT molecular complexity index is 351. The second-order valence-electron chi connectivity index (χ2n) is 6.16. The summed E-state index contributed by atoms with van der Waals surface area (Å²) in [5, 5.41) is 9.78. The van der Waals surface area contributed by atoms with Gasteiger partial charge in [-0.1, -0.05) is 19.3 Å². The predicted molar refractivity (Wildman–Crippen MR) is 65.6 cm³/mol. The summed E-state index contributed by atoms with van der Waals surface area (Å²) in [6.45, 7) is -0.0656. The van der Waals surface area contributed by atoms with Gasteiger partial charge in [-0.2, -0.15) is 0 Å². The van der Waals surface area contributed by atoms with Gasteiger partial charge in [0.2, 0.25) is 11.8 Å². The van der Waals surface area contributed by atoms with Crippen molar-refractivity contribution < 1.29 is 14.7 Å². The number of rotatable bonds is 2. The molecule has 0 spiro atoms. The van der Waals surface area contributed by atoms with Crippen LogP contribution in [0.5, 0.6) is 0 Å². The molecule has 2 amide bonds. The van der Waals surface area contributed by atoms with Crippen molar-refractivity contribution >= 4 is 11.8 Å². The monoisotopic (exact) mass is 251 g/mol. The highest BCUT2D eigenvalue weighted by atomic mass is 16.3. The Hall–Kier alpha value is -0.900. The Kier molecular flexibility index (Phi) is 2.93. The molecule has 2 aliphatic carbocycles. The molecule has 1 heterocycles. The van der Waals surface area contributed by atoms with E-state index in [-0.39, 0.29) is 30.3 Å². The minimum atomic E-state index is -0.576. The largest absolute Gasteiger partial charge is 0.394 e. The normalized spacial score (nSPS) is 35.1. The Morgan fingerprint density at radius 2 is 1.61 bits per heavy atom. The fourth-order valence-electron chi connectivity index (χ4n) is 4.03. The quantitative estimate of drug-likeness (QED) is 0.756. The standard InChI is InChI=1S/C14H21NO3/c16-9-14(6-2-1-3-7-14)15-12(17)10-4-5-11(8-10)13(15)18/h10-11,16H,1-9H2. The van der Waals surface area contributed by atoms with Gasteiger partial charge in [0.1, 0.15) is 0 Å². The number of likely N-dealkylation sites (tertiary alicyclic amines) is 1. The van der Waals surface area contributed by atoms with E-state index in [1.54, 1.807) is 0 Å². The summed E-state index contributed by atoms with van der Waals surface area (Å²) in [7, 11) is 0. The van der Waals surface area contributed by atoms with Crippen LogP contribution in [-0.4, -0.2) is 34.0 Å². The number of fused-ring (bicyclic) bond motifs is 2. The summed E-state index contributed by atoms with van der Waals surface area (Å²) in [5.74, 6) is 0.0607. The summed E-state index contributed by atoms with van der Waals surface area (Å²) < 4.78 is 0. The van der Waals surface area contributed by atoms with Crippen LogP contribution >= 0.6 is 0 Å². The van der Waals surface area contributed by atoms with E-state index in [2.05, 4.69) is 0 Å². The van der Waals surface area contributed by atoms with E-state index >= 15 is 0 Å². The minimum absolute atomic E-state index is 0.00954. The van der Waals surface area contributed by atoms with Crippen LogP contribution in [0.15, 0.2) is 0 Å². The van der Waals surface area contributed by atoms with Gasteiger partial charge in [-0.25, -0.2) is 0 Å². The van der Waals surface area contributed by atoms with Gasteiger partial charge in [0, 0.05) is 11.8 Å². The lowest BCUT2D eigenvalue weighted by Gasteiger charge is -2.47. The number of hydrogen-bond acceptors (Lipinski definition) is 3. The molecule has 4 nitrogen and oxygen atoms in total. The maximum atomic E-state index is 12.5. The Labute approximate surface area is 107 Å². The third-order valence-electron chi connectivity index (χ3n) is 5.12. The highest BCUT2D eigenvalue weighted by Crippen LogP contribution is 2.44. The van der Waals surface area contributed by atoms with Crippen LogP contribution in [0.25, 0.3) is 0 Å². The van der Waals surface area contributed by atoms with Crippen LogP contribution in [0.2, 0.25) is 0 Å². The molecule has 0 aromatic carbocycles. The van der Waals surface area contributed by atoms with E-state index in [1.807, 2.05) is 0 Å². The number of aliphatic hydroxyl groups excluding tert-OH is 1. The van der Waals surface area contributed by atoms with Gasteiger partial charge < -0.3 is 5.11 Å². The average Bonchev–Trinajstić information content (AvgIpc) is 2.85. The van der Waals surface area contributed by atoms with Crippen molar-refractivity contribution in [1.82, 2.24) is 4.90 Å². The van der Waals surface area contributed by atoms with E-state index in [1.165, 1.54) is 4.90 Å².